The number of nitrogens with one attached hydrogen (secondary N) is 2. The molecular weight excluding hydrogens is 422 g/mol. The molecule has 0 aliphatic carbocycles. The maximum absolute atomic E-state index is 12.9. The lowest BCUT2D eigenvalue weighted by molar-refractivity contribution is -0.123. The molecule has 8 heteroatoms. The van der Waals surface area contributed by atoms with Crippen molar-refractivity contribution in [3.8, 4) is 11.5 Å². The molecule has 2 heterocycles. The summed E-state index contributed by atoms with van der Waals surface area (Å²) in [6.07, 6.45) is 7.04. The van der Waals surface area contributed by atoms with Crippen LogP contribution in [0.4, 0.5) is 4.79 Å². The van der Waals surface area contributed by atoms with E-state index < -0.39 is 12.2 Å². The van der Waals surface area contributed by atoms with Crippen LogP contribution in [0.1, 0.15) is 70.0 Å². The first-order valence-corrected chi connectivity index (χ1v) is 12.4. The van der Waals surface area contributed by atoms with E-state index in [0.29, 0.717) is 37.7 Å². The fraction of sp³-hybridized carbons (Fsp3) is 0.680. The van der Waals surface area contributed by atoms with Crippen LogP contribution in [-0.4, -0.2) is 62.8 Å². The molecule has 2 N–H and O–H groups in total. The van der Waals surface area contributed by atoms with Gasteiger partial charge in [-0.3, -0.25) is 4.79 Å². The molecule has 3 rings (SSSR count). The maximum atomic E-state index is 12.9. The van der Waals surface area contributed by atoms with Crippen LogP contribution in [0.15, 0.2) is 18.2 Å². The minimum atomic E-state index is -0.648. The Hall–Kier alpha value is -2.48. The molecule has 0 spiro atoms. The van der Waals surface area contributed by atoms with Gasteiger partial charge in [-0.15, -0.1) is 0 Å². The van der Waals surface area contributed by atoms with Crippen LogP contribution < -0.4 is 20.1 Å². The Bertz CT molecular complexity index is 766. The van der Waals surface area contributed by atoms with Gasteiger partial charge < -0.3 is 29.7 Å². The molecule has 2 aliphatic heterocycles. The summed E-state index contributed by atoms with van der Waals surface area (Å²) in [7, 11) is 1.54. The molecule has 1 aromatic rings. The molecule has 2 aliphatic rings. The number of likely N-dealkylation sites (tertiary alicyclic amines) is 1. The minimum absolute atomic E-state index is 0.00116. The van der Waals surface area contributed by atoms with Crippen molar-refractivity contribution in [2.75, 3.05) is 39.9 Å². The largest absolute Gasteiger partial charge is 0.486 e. The second-order valence-electron chi connectivity index (χ2n) is 8.82. The van der Waals surface area contributed by atoms with Crippen molar-refractivity contribution in [3.05, 3.63) is 23.8 Å². The van der Waals surface area contributed by atoms with Gasteiger partial charge in [-0.2, -0.15) is 0 Å². The van der Waals surface area contributed by atoms with Gasteiger partial charge in [0.2, 0.25) is 5.91 Å². The summed E-state index contributed by atoms with van der Waals surface area (Å²) in [6.45, 7) is 5.76. The van der Waals surface area contributed by atoms with E-state index in [1.165, 1.54) is 19.9 Å². The fourth-order valence-electron chi connectivity index (χ4n) is 4.42. The lowest BCUT2D eigenvalue weighted by atomic mass is 10.00. The summed E-state index contributed by atoms with van der Waals surface area (Å²) in [6, 6.07) is 5.21. The first-order chi connectivity index (χ1) is 16.1. The summed E-state index contributed by atoms with van der Waals surface area (Å²) in [5.74, 6) is 1.31. The highest BCUT2D eigenvalue weighted by Crippen LogP contribution is 2.35. The Kier molecular flexibility index (Phi) is 10.1. The zero-order chi connectivity index (χ0) is 23.5. The molecule has 1 aromatic carbocycles. The van der Waals surface area contributed by atoms with Gasteiger partial charge >= 0.3 is 6.09 Å². The quantitative estimate of drug-likeness (QED) is 0.461. The number of carbonyl (C=O) groups is 2. The van der Waals surface area contributed by atoms with Crippen molar-refractivity contribution >= 4 is 12.0 Å². The number of fused-ring (bicyclic) bond motifs is 1. The zero-order valence-electron chi connectivity index (χ0n) is 20.1. The van der Waals surface area contributed by atoms with Crippen LogP contribution in [-0.2, 0) is 9.53 Å². The number of unbranched alkanes of at least 4 members (excludes halogenated alkanes) is 4. The second-order valence-corrected chi connectivity index (χ2v) is 8.82. The number of alkyl carbamates (subject to hydrolysis) is 1. The zero-order valence-corrected chi connectivity index (χ0v) is 20.1. The number of hydrogen-bond acceptors (Lipinski definition) is 6. The van der Waals surface area contributed by atoms with E-state index in [9.17, 15) is 9.59 Å². The standard InChI is InChI=1S/C25H39N3O5/c1-3-4-5-6-7-10-23(29)27-20(18-28-13-8-9-14-28)24(33-25(30)26-2)19-11-12-21-22(17-19)32-16-15-31-21/h11-12,17,20,24H,3-10,13-16,18H2,1-2H3,(H,26,30)(H,27,29)/t20-,24-/m1/s1. The van der Waals surface area contributed by atoms with Crippen molar-refractivity contribution in [2.45, 2.75) is 70.4 Å². The van der Waals surface area contributed by atoms with Gasteiger partial charge in [0.05, 0.1) is 6.04 Å². The number of hydrogen-bond donors (Lipinski definition) is 2. The van der Waals surface area contributed by atoms with E-state index in [1.54, 1.807) is 0 Å². The van der Waals surface area contributed by atoms with Crippen LogP contribution >= 0.6 is 0 Å². The summed E-state index contributed by atoms with van der Waals surface area (Å²) in [5.41, 5.74) is 0.773. The van der Waals surface area contributed by atoms with Crippen LogP contribution in [0.3, 0.4) is 0 Å². The molecule has 184 valence electrons. The Morgan fingerprint density at radius 2 is 1.79 bits per heavy atom. The Balaban J connectivity index is 1.77. The van der Waals surface area contributed by atoms with Gasteiger partial charge in [-0.25, -0.2) is 4.79 Å². The molecule has 2 amide bonds. The monoisotopic (exact) mass is 461 g/mol. The fourth-order valence-corrected chi connectivity index (χ4v) is 4.42. The van der Waals surface area contributed by atoms with Gasteiger partial charge in [0.25, 0.3) is 0 Å². The van der Waals surface area contributed by atoms with E-state index in [2.05, 4.69) is 22.5 Å². The van der Waals surface area contributed by atoms with Gasteiger partial charge in [-0.05, 0) is 50.0 Å². The minimum Gasteiger partial charge on any atom is -0.486 e. The van der Waals surface area contributed by atoms with Crippen molar-refractivity contribution in [3.63, 3.8) is 0 Å². The molecule has 0 bridgehead atoms. The van der Waals surface area contributed by atoms with Crippen molar-refractivity contribution in [2.24, 2.45) is 0 Å². The lowest BCUT2D eigenvalue weighted by Gasteiger charge is -2.32. The van der Waals surface area contributed by atoms with Crippen LogP contribution in [0.2, 0.25) is 0 Å². The summed E-state index contributed by atoms with van der Waals surface area (Å²) in [5, 5.41) is 5.73. The smallest absolute Gasteiger partial charge is 0.407 e. The Morgan fingerprint density at radius 3 is 2.52 bits per heavy atom. The molecule has 2 atom stereocenters. The van der Waals surface area contributed by atoms with Crippen molar-refractivity contribution < 1.29 is 23.8 Å². The second kappa shape index (κ2) is 13.3. The van der Waals surface area contributed by atoms with E-state index >= 15 is 0 Å². The van der Waals surface area contributed by atoms with Gasteiger partial charge in [0.15, 0.2) is 17.6 Å². The van der Waals surface area contributed by atoms with E-state index in [0.717, 1.165) is 50.8 Å². The van der Waals surface area contributed by atoms with Gasteiger partial charge in [-0.1, -0.05) is 38.7 Å². The predicted molar refractivity (Wildman–Crippen MR) is 127 cm³/mol. The average molecular weight is 462 g/mol. The topological polar surface area (TPSA) is 89.1 Å². The highest BCUT2D eigenvalue weighted by atomic mass is 16.6. The molecule has 0 radical (unpaired) electrons. The molecule has 8 nitrogen and oxygen atoms in total. The molecular formula is C25H39N3O5. The van der Waals surface area contributed by atoms with Crippen molar-refractivity contribution in [1.82, 2.24) is 15.5 Å². The van der Waals surface area contributed by atoms with E-state index in [1.807, 2.05) is 18.2 Å². The lowest BCUT2D eigenvalue weighted by Crippen LogP contribution is -2.48. The third-order valence-electron chi connectivity index (χ3n) is 6.21. The molecule has 0 saturated carbocycles. The van der Waals surface area contributed by atoms with Crippen molar-refractivity contribution in [1.29, 1.82) is 0 Å². The summed E-state index contributed by atoms with van der Waals surface area (Å²) in [4.78, 5) is 27.4. The van der Waals surface area contributed by atoms with Crippen LogP contribution in [0.25, 0.3) is 0 Å². The number of ether oxygens (including phenoxy) is 3. The third-order valence-corrected chi connectivity index (χ3v) is 6.21. The molecule has 33 heavy (non-hydrogen) atoms. The number of rotatable bonds is 12. The van der Waals surface area contributed by atoms with Gasteiger partial charge in [0, 0.05) is 20.0 Å². The number of carbonyl (C=O) groups excluding carboxylic acids is 2. The van der Waals surface area contributed by atoms with E-state index in [4.69, 9.17) is 14.2 Å². The number of benzene rings is 1. The first-order valence-electron chi connectivity index (χ1n) is 12.4. The maximum Gasteiger partial charge on any atom is 0.407 e. The SMILES string of the molecule is CCCCCCCC(=O)N[C@H](CN1CCCC1)[C@H](OC(=O)NC)c1ccc2c(c1)OCCO2. The first kappa shape index (κ1) is 25.1. The van der Waals surface area contributed by atoms with Gasteiger partial charge in [0.1, 0.15) is 13.2 Å². The molecule has 1 saturated heterocycles. The summed E-state index contributed by atoms with van der Waals surface area (Å²) < 4.78 is 17.2. The highest BCUT2D eigenvalue weighted by molar-refractivity contribution is 5.76. The molecule has 1 fully saturated rings. The summed E-state index contributed by atoms with van der Waals surface area (Å²) >= 11 is 0. The van der Waals surface area contributed by atoms with Crippen LogP contribution in [0.5, 0.6) is 11.5 Å². The highest BCUT2D eigenvalue weighted by Gasteiger charge is 2.32. The van der Waals surface area contributed by atoms with E-state index in [-0.39, 0.29) is 11.9 Å². The number of nitrogens with zero attached hydrogens (tertiary/aromatic N) is 1. The van der Waals surface area contributed by atoms with Crippen LogP contribution in [0, 0.1) is 0 Å². The Labute approximate surface area is 197 Å². The molecule has 0 unspecified atom stereocenters. The third kappa shape index (κ3) is 7.81. The average Bonchev–Trinajstić information content (AvgIpc) is 3.34. The number of amides is 2. The normalized spacial score (nSPS) is 17.3. The predicted octanol–water partition coefficient (Wildman–Crippen LogP) is 3.80. The Morgan fingerprint density at radius 1 is 1.06 bits per heavy atom. The molecule has 0 aromatic heterocycles.